The summed E-state index contributed by atoms with van der Waals surface area (Å²) in [6.07, 6.45) is 3.47. The SMILES string of the molecule is Clc1ccc(-c2ccc(Br)c(-c3ccc(Br)cn3)c2-c2ccccc2Br)nc1. The quantitative estimate of drug-likeness (QED) is 0.244. The second kappa shape index (κ2) is 8.46. The molecule has 138 valence electrons. The van der Waals surface area contributed by atoms with Gasteiger partial charge in [0.25, 0.3) is 0 Å². The standard InChI is InChI=1S/C22H12Br3ClN2/c23-13-5-9-20(27-11-13)22-18(25)8-7-16(19-10-6-14(26)12-28-19)21(22)15-3-1-2-4-17(15)24/h1-12H. The van der Waals surface area contributed by atoms with Crippen LogP contribution in [0, 0.1) is 0 Å². The van der Waals surface area contributed by atoms with E-state index >= 15 is 0 Å². The fourth-order valence-electron chi connectivity index (χ4n) is 3.04. The van der Waals surface area contributed by atoms with Gasteiger partial charge < -0.3 is 0 Å². The number of pyridine rings is 2. The molecule has 0 fully saturated rings. The Bertz CT molecular complexity index is 1140. The van der Waals surface area contributed by atoms with Crippen LogP contribution in [-0.2, 0) is 0 Å². The lowest BCUT2D eigenvalue weighted by Gasteiger charge is -2.18. The van der Waals surface area contributed by atoms with Crippen molar-refractivity contribution in [2.24, 2.45) is 0 Å². The Kier molecular flexibility index (Phi) is 5.97. The number of rotatable bonds is 3. The van der Waals surface area contributed by atoms with Gasteiger partial charge >= 0.3 is 0 Å². The van der Waals surface area contributed by atoms with Crippen LogP contribution >= 0.6 is 59.4 Å². The molecule has 0 bridgehead atoms. The van der Waals surface area contributed by atoms with Crippen LogP contribution in [0.4, 0.5) is 0 Å². The summed E-state index contributed by atoms with van der Waals surface area (Å²) in [6, 6.07) is 20.0. The van der Waals surface area contributed by atoms with E-state index in [4.69, 9.17) is 11.6 Å². The second-order valence-corrected chi connectivity index (χ2v) is 9.11. The maximum Gasteiger partial charge on any atom is 0.0720 e. The Morgan fingerprint density at radius 1 is 0.607 bits per heavy atom. The third-order valence-corrected chi connectivity index (χ3v) is 6.33. The van der Waals surface area contributed by atoms with Gasteiger partial charge in [0.15, 0.2) is 0 Å². The normalized spacial score (nSPS) is 10.9. The van der Waals surface area contributed by atoms with Crippen molar-refractivity contribution in [3.8, 4) is 33.6 Å². The molecule has 0 saturated heterocycles. The highest BCUT2D eigenvalue weighted by Gasteiger charge is 2.20. The molecule has 4 rings (SSSR count). The van der Waals surface area contributed by atoms with Gasteiger partial charge in [-0.15, -0.1) is 0 Å². The zero-order valence-electron chi connectivity index (χ0n) is 14.3. The summed E-state index contributed by atoms with van der Waals surface area (Å²) < 4.78 is 2.90. The molecule has 0 unspecified atom stereocenters. The zero-order valence-corrected chi connectivity index (χ0v) is 19.8. The first-order valence-electron chi connectivity index (χ1n) is 8.36. The van der Waals surface area contributed by atoms with Crippen molar-refractivity contribution in [3.63, 3.8) is 0 Å². The molecule has 0 amide bonds. The van der Waals surface area contributed by atoms with Crippen molar-refractivity contribution >= 4 is 59.4 Å². The predicted molar refractivity (Wildman–Crippen MR) is 126 cm³/mol. The van der Waals surface area contributed by atoms with Crippen LogP contribution in [0.25, 0.3) is 33.6 Å². The van der Waals surface area contributed by atoms with Crippen LogP contribution in [0.3, 0.4) is 0 Å². The topological polar surface area (TPSA) is 25.8 Å². The van der Waals surface area contributed by atoms with E-state index in [9.17, 15) is 0 Å². The molecule has 0 aliphatic carbocycles. The fraction of sp³-hybridized carbons (Fsp3) is 0. The monoisotopic (exact) mass is 576 g/mol. The van der Waals surface area contributed by atoms with E-state index in [-0.39, 0.29) is 0 Å². The molecule has 0 spiro atoms. The van der Waals surface area contributed by atoms with Crippen molar-refractivity contribution < 1.29 is 0 Å². The van der Waals surface area contributed by atoms with Crippen LogP contribution < -0.4 is 0 Å². The lowest BCUT2D eigenvalue weighted by atomic mass is 9.91. The van der Waals surface area contributed by atoms with Gasteiger partial charge in [-0.1, -0.05) is 67.7 Å². The van der Waals surface area contributed by atoms with Crippen molar-refractivity contribution in [3.05, 3.63) is 91.5 Å². The van der Waals surface area contributed by atoms with Crippen LogP contribution in [0.15, 0.2) is 86.5 Å². The molecule has 0 aliphatic heterocycles. The Morgan fingerprint density at radius 2 is 1.36 bits per heavy atom. The summed E-state index contributed by atoms with van der Waals surface area (Å²) in [5.74, 6) is 0. The summed E-state index contributed by atoms with van der Waals surface area (Å²) in [6.45, 7) is 0. The number of benzene rings is 2. The van der Waals surface area contributed by atoms with Gasteiger partial charge in [-0.3, -0.25) is 9.97 Å². The van der Waals surface area contributed by atoms with Crippen LogP contribution in [0.5, 0.6) is 0 Å². The van der Waals surface area contributed by atoms with Gasteiger partial charge in [-0.25, -0.2) is 0 Å². The Labute approximate surface area is 193 Å². The summed E-state index contributed by atoms with van der Waals surface area (Å²) in [5, 5.41) is 0.609. The van der Waals surface area contributed by atoms with E-state index in [1.807, 2.05) is 48.5 Å². The molecule has 0 saturated carbocycles. The molecule has 4 aromatic rings. The van der Waals surface area contributed by atoms with Gasteiger partial charge in [-0.2, -0.15) is 0 Å². The molecule has 0 N–H and O–H groups in total. The first kappa shape index (κ1) is 19.8. The lowest BCUT2D eigenvalue weighted by molar-refractivity contribution is 1.29. The predicted octanol–water partition coefficient (Wildman–Crippen LogP) is 8.42. The Balaban J connectivity index is 2.08. The molecule has 2 aromatic carbocycles. The minimum Gasteiger partial charge on any atom is -0.255 e. The molecule has 0 radical (unpaired) electrons. The van der Waals surface area contributed by atoms with E-state index in [0.717, 1.165) is 47.1 Å². The average Bonchev–Trinajstić information content (AvgIpc) is 2.70. The van der Waals surface area contributed by atoms with Gasteiger partial charge in [-0.05, 0) is 57.9 Å². The summed E-state index contributed by atoms with van der Waals surface area (Å²) in [7, 11) is 0. The number of halogens is 4. The minimum atomic E-state index is 0.609. The van der Waals surface area contributed by atoms with Gasteiger partial charge in [0.05, 0.1) is 16.4 Å². The number of hydrogen-bond acceptors (Lipinski definition) is 2. The van der Waals surface area contributed by atoms with E-state index in [1.165, 1.54) is 0 Å². The van der Waals surface area contributed by atoms with Crippen LogP contribution in [-0.4, -0.2) is 9.97 Å². The molecule has 2 aromatic heterocycles. The maximum atomic E-state index is 6.06. The van der Waals surface area contributed by atoms with Crippen molar-refractivity contribution in [1.82, 2.24) is 9.97 Å². The Morgan fingerprint density at radius 3 is 2.04 bits per heavy atom. The zero-order chi connectivity index (χ0) is 19.7. The molecule has 6 heteroatoms. The average molecular weight is 580 g/mol. The molecule has 28 heavy (non-hydrogen) atoms. The maximum absolute atomic E-state index is 6.06. The fourth-order valence-corrected chi connectivity index (χ4v) is 4.41. The highest BCUT2D eigenvalue weighted by Crippen LogP contribution is 2.45. The molecule has 2 nitrogen and oxygen atoms in total. The van der Waals surface area contributed by atoms with Crippen molar-refractivity contribution in [2.75, 3.05) is 0 Å². The number of nitrogens with zero attached hydrogens (tertiary/aromatic N) is 2. The van der Waals surface area contributed by atoms with E-state index in [0.29, 0.717) is 5.02 Å². The number of aromatic nitrogens is 2. The molecule has 0 aliphatic rings. The van der Waals surface area contributed by atoms with E-state index in [2.05, 4.69) is 69.9 Å². The highest BCUT2D eigenvalue weighted by molar-refractivity contribution is 9.11. The summed E-state index contributed by atoms with van der Waals surface area (Å²) in [4.78, 5) is 9.19. The first-order chi connectivity index (χ1) is 13.5. The van der Waals surface area contributed by atoms with Gasteiger partial charge in [0.2, 0.25) is 0 Å². The minimum absolute atomic E-state index is 0.609. The molecular formula is C22H12Br3ClN2. The third kappa shape index (κ3) is 3.94. The van der Waals surface area contributed by atoms with Gasteiger partial charge in [0.1, 0.15) is 0 Å². The van der Waals surface area contributed by atoms with Crippen molar-refractivity contribution in [1.29, 1.82) is 0 Å². The van der Waals surface area contributed by atoms with Crippen LogP contribution in [0.1, 0.15) is 0 Å². The largest absolute Gasteiger partial charge is 0.255 e. The van der Waals surface area contributed by atoms with Crippen LogP contribution in [0.2, 0.25) is 5.02 Å². The summed E-state index contributed by atoms with van der Waals surface area (Å²) in [5.41, 5.74) is 5.85. The lowest BCUT2D eigenvalue weighted by Crippen LogP contribution is -1.95. The summed E-state index contributed by atoms with van der Waals surface area (Å²) >= 11 is 17.0. The third-order valence-electron chi connectivity index (χ3n) is 4.28. The Hall–Kier alpha value is -1.53. The molecular weight excluding hydrogens is 567 g/mol. The molecule has 0 atom stereocenters. The highest BCUT2D eigenvalue weighted by atomic mass is 79.9. The van der Waals surface area contributed by atoms with Gasteiger partial charge in [0, 0.05) is 42.5 Å². The molecule has 2 heterocycles. The second-order valence-electron chi connectivity index (χ2n) is 6.05. The first-order valence-corrected chi connectivity index (χ1v) is 11.1. The number of hydrogen-bond donors (Lipinski definition) is 0. The van der Waals surface area contributed by atoms with E-state index < -0.39 is 0 Å². The van der Waals surface area contributed by atoms with Crippen molar-refractivity contribution in [2.45, 2.75) is 0 Å². The smallest absolute Gasteiger partial charge is 0.0720 e. The van der Waals surface area contributed by atoms with E-state index in [1.54, 1.807) is 12.4 Å².